The average Bonchev–Trinajstić information content (AvgIpc) is 2.86. The molecule has 1 aliphatic rings. The number of carbonyl (C=O) groups is 1. The normalized spacial score (nSPS) is 18.7. The van der Waals surface area contributed by atoms with Gasteiger partial charge in [0.25, 0.3) is 0 Å². The Morgan fingerprint density at radius 3 is 2.59 bits per heavy atom. The van der Waals surface area contributed by atoms with Gasteiger partial charge >= 0.3 is 0 Å². The highest BCUT2D eigenvalue weighted by atomic mass is 32.2. The molecule has 1 saturated carbocycles. The van der Waals surface area contributed by atoms with Crippen molar-refractivity contribution in [3.8, 4) is 5.75 Å². The van der Waals surface area contributed by atoms with Crippen LogP contribution in [0.4, 0.5) is 0 Å². The van der Waals surface area contributed by atoms with E-state index >= 15 is 0 Å². The van der Waals surface area contributed by atoms with Crippen LogP contribution in [0.5, 0.6) is 5.75 Å². The zero-order chi connectivity index (χ0) is 24.3. The number of aryl methyl sites for hydroxylation is 1. The molecular weight excluding hydrogens is 454 g/mol. The summed E-state index contributed by atoms with van der Waals surface area (Å²) in [5, 5.41) is 10.1. The Labute approximate surface area is 199 Å². The molecule has 1 heterocycles. The summed E-state index contributed by atoms with van der Waals surface area (Å²) in [6.07, 6.45) is 2.75. The van der Waals surface area contributed by atoms with Crippen molar-refractivity contribution < 1.29 is 23.2 Å². The number of hydroxylamine groups is 1. The first-order valence-electron chi connectivity index (χ1n) is 11.3. The number of hydrogen-bond donors (Lipinski definition) is 2. The summed E-state index contributed by atoms with van der Waals surface area (Å²) in [6, 6.07) is 15.6. The molecule has 4 rings (SSSR count). The van der Waals surface area contributed by atoms with E-state index in [1.165, 1.54) is 23.5 Å². The third kappa shape index (κ3) is 4.91. The second-order valence-corrected chi connectivity index (χ2v) is 10.7. The van der Waals surface area contributed by atoms with Crippen LogP contribution in [0.3, 0.4) is 0 Å². The zero-order valence-electron chi connectivity index (χ0n) is 19.3. The smallest absolute Gasteiger partial charge is 0.248 e. The van der Waals surface area contributed by atoms with Gasteiger partial charge < -0.3 is 4.74 Å². The fourth-order valence-electron chi connectivity index (χ4n) is 4.66. The van der Waals surface area contributed by atoms with Crippen LogP contribution in [0, 0.1) is 12.8 Å². The molecule has 0 radical (unpaired) electrons. The maximum absolute atomic E-state index is 13.2. The molecule has 2 atom stereocenters. The number of fused-ring (bicyclic) bond motifs is 1. The van der Waals surface area contributed by atoms with E-state index in [-0.39, 0.29) is 4.90 Å². The molecule has 1 amide bonds. The summed E-state index contributed by atoms with van der Waals surface area (Å²) in [4.78, 5) is 16.7. The highest BCUT2D eigenvalue weighted by Gasteiger charge is 2.38. The molecule has 1 aliphatic carbocycles. The minimum Gasteiger partial charge on any atom is -0.489 e. The number of ether oxygens (including phenoxy) is 1. The van der Waals surface area contributed by atoms with Crippen molar-refractivity contribution in [1.82, 2.24) is 14.8 Å². The van der Waals surface area contributed by atoms with Crippen molar-refractivity contribution >= 4 is 26.8 Å². The number of amides is 1. The van der Waals surface area contributed by atoms with Crippen LogP contribution in [-0.4, -0.2) is 41.9 Å². The average molecular weight is 484 g/mol. The van der Waals surface area contributed by atoms with Gasteiger partial charge in [0, 0.05) is 29.7 Å². The molecule has 0 spiro atoms. The van der Waals surface area contributed by atoms with E-state index in [0.717, 1.165) is 35.0 Å². The van der Waals surface area contributed by atoms with Gasteiger partial charge in [-0.05, 0) is 56.2 Å². The highest BCUT2D eigenvalue weighted by Crippen LogP contribution is 2.32. The monoisotopic (exact) mass is 483 g/mol. The SMILES string of the molecule is Cc1cc(COc2ccc(S(=O)(=O)N(C)[C@@H]3CCCC[C@H]3C(=O)NO)cc2)c2ccccc2n1. The van der Waals surface area contributed by atoms with E-state index in [1.54, 1.807) is 17.6 Å². The Balaban J connectivity index is 1.49. The largest absolute Gasteiger partial charge is 0.489 e. The van der Waals surface area contributed by atoms with Crippen LogP contribution in [0.1, 0.15) is 36.9 Å². The Kier molecular flexibility index (Phi) is 7.16. The van der Waals surface area contributed by atoms with Gasteiger partial charge in [0.1, 0.15) is 12.4 Å². The lowest BCUT2D eigenvalue weighted by molar-refractivity contribution is -0.136. The molecule has 180 valence electrons. The summed E-state index contributed by atoms with van der Waals surface area (Å²) < 4.78 is 33.7. The topological polar surface area (TPSA) is 109 Å². The predicted octanol–water partition coefficient (Wildman–Crippen LogP) is 3.81. The van der Waals surface area contributed by atoms with Crippen LogP contribution in [-0.2, 0) is 21.4 Å². The zero-order valence-corrected chi connectivity index (χ0v) is 20.1. The van der Waals surface area contributed by atoms with E-state index in [2.05, 4.69) is 4.98 Å². The van der Waals surface area contributed by atoms with E-state index in [4.69, 9.17) is 9.94 Å². The fourth-order valence-corrected chi connectivity index (χ4v) is 6.08. The number of nitrogens with zero attached hydrogens (tertiary/aromatic N) is 2. The number of pyridine rings is 1. The second-order valence-electron chi connectivity index (χ2n) is 8.66. The Morgan fingerprint density at radius 2 is 1.85 bits per heavy atom. The lowest BCUT2D eigenvalue weighted by Gasteiger charge is -2.35. The summed E-state index contributed by atoms with van der Waals surface area (Å²) in [7, 11) is -2.33. The first-order chi connectivity index (χ1) is 16.3. The molecule has 0 aliphatic heterocycles. The summed E-state index contributed by atoms with van der Waals surface area (Å²) in [6.45, 7) is 2.27. The number of nitrogens with one attached hydrogen (secondary N) is 1. The standard InChI is InChI=1S/C25H29N3O5S/c1-17-15-18(21-7-3-5-9-23(21)26-17)16-33-19-11-13-20(14-12-19)34(31,32)28(2)24-10-6-4-8-22(24)25(29)27-30/h3,5,7,9,11-15,22,24,30H,4,6,8,10,16H2,1-2H3,(H,27,29)/t22-,24-/m1/s1. The van der Waals surface area contributed by atoms with Crippen molar-refractivity contribution in [1.29, 1.82) is 0 Å². The van der Waals surface area contributed by atoms with Crippen molar-refractivity contribution in [2.75, 3.05) is 7.05 Å². The Bertz CT molecular complexity index is 1280. The van der Waals surface area contributed by atoms with Gasteiger partial charge in [-0.1, -0.05) is 31.0 Å². The van der Waals surface area contributed by atoms with Gasteiger partial charge in [-0.15, -0.1) is 0 Å². The fraction of sp³-hybridized carbons (Fsp3) is 0.360. The molecule has 2 aromatic carbocycles. The number of sulfonamides is 1. The molecule has 3 aromatic rings. The van der Waals surface area contributed by atoms with Gasteiger partial charge in [0.2, 0.25) is 15.9 Å². The summed E-state index contributed by atoms with van der Waals surface area (Å²) in [5.74, 6) is -0.579. The van der Waals surface area contributed by atoms with Crippen molar-refractivity contribution in [2.45, 2.75) is 50.2 Å². The first-order valence-corrected chi connectivity index (χ1v) is 12.8. The predicted molar refractivity (Wildman–Crippen MR) is 128 cm³/mol. The van der Waals surface area contributed by atoms with E-state index in [1.807, 2.05) is 37.3 Å². The summed E-state index contributed by atoms with van der Waals surface area (Å²) in [5.41, 5.74) is 4.49. The van der Waals surface area contributed by atoms with Gasteiger partial charge in [0.15, 0.2) is 0 Å². The van der Waals surface area contributed by atoms with Crippen LogP contribution < -0.4 is 10.2 Å². The lowest BCUT2D eigenvalue weighted by atomic mass is 9.84. The molecule has 1 fully saturated rings. The molecule has 9 heteroatoms. The highest BCUT2D eigenvalue weighted by molar-refractivity contribution is 7.89. The molecule has 0 unspecified atom stereocenters. The first kappa shape index (κ1) is 24.1. The van der Waals surface area contributed by atoms with Crippen molar-refractivity contribution in [3.05, 3.63) is 65.9 Å². The maximum Gasteiger partial charge on any atom is 0.248 e. The minimum atomic E-state index is -3.82. The molecular formula is C25H29N3O5S. The number of benzene rings is 2. The van der Waals surface area contributed by atoms with Gasteiger partial charge in [0.05, 0.1) is 16.3 Å². The van der Waals surface area contributed by atoms with Crippen LogP contribution in [0.15, 0.2) is 59.5 Å². The van der Waals surface area contributed by atoms with Crippen LogP contribution in [0.2, 0.25) is 0 Å². The maximum atomic E-state index is 13.2. The van der Waals surface area contributed by atoms with Gasteiger partial charge in [-0.3, -0.25) is 15.0 Å². The van der Waals surface area contributed by atoms with Crippen LogP contribution in [0.25, 0.3) is 10.9 Å². The second kappa shape index (κ2) is 10.1. The number of rotatable bonds is 7. The molecule has 8 nitrogen and oxygen atoms in total. The number of para-hydroxylation sites is 1. The number of hydrogen-bond acceptors (Lipinski definition) is 6. The van der Waals surface area contributed by atoms with E-state index < -0.39 is 27.9 Å². The lowest BCUT2D eigenvalue weighted by Crippen LogP contribution is -2.48. The Hall–Kier alpha value is -3.01. The minimum absolute atomic E-state index is 0.126. The quantitative estimate of drug-likeness (QED) is 0.391. The number of carbonyl (C=O) groups excluding carboxylic acids is 1. The van der Waals surface area contributed by atoms with E-state index in [0.29, 0.717) is 25.2 Å². The molecule has 34 heavy (non-hydrogen) atoms. The van der Waals surface area contributed by atoms with Crippen molar-refractivity contribution in [2.24, 2.45) is 5.92 Å². The van der Waals surface area contributed by atoms with Crippen LogP contribution >= 0.6 is 0 Å². The third-order valence-corrected chi connectivity index (χ3v) is 8.37. The van der Waals surface area contributed by atoms with E-state index in [9.17, 15) is 13.2 Å². The molecule has 2 N–H and O–H groups in total. The van der Waals surface area contributed by atoms with Gasteiger partial charge in [-0.25, -0.2) is 13.9 Å². The van der Waals surface area contributed by atoms with Gasteiger partial charge in [-0.2, -0.15) is 4.31 Å². The third-order valence-electron chi connectivity index (χ3n) is 6.47. The van der Waals surface area contributed by atoms with Crippen molar-refractivity contribution in [3.63, 3.8) is 0 Å². The number of aromatic nitrogens is 1. The summed E-state index contributed by atoms with van der Waals surface area (Å²) >= 11 is 0. The molecule has 1 aromatic heterocycles. The molecule has 0 bridgehead atoms. The Morgan fingerprint density at radius 1 is 1.15 bits per heavy atom. The molecule has 0 saturated heterocycles.